The van der Waals surface area contributed by atoms with Crippen LogP contribution < -0.4 is 24.4 Å². The molecule has 2 aromatic rings. The minimum atomic E-state index is -3.71. The molecular formula is C25H33N3O7S. The molecule has 36 heavy (non-hydrogen) atoms. The van der Waals surface area contributed by atoms with Crippen LogP contribution in [-0.2, 0) is 26.0 Å². The first-order chi connectivity index (χ1) is 17.4. The molecule has 0 aliphatic carbocycles. The van der Waals surface area contributed by atoms with Crippen molar-refractivity contribution in [3.63, 3.8) is 0 Å². The summed E-state index contributed by atoms with van der Waals surface area (Å²) in [5.41, 5.74) is 1.96. The Bertz CT molecular complexity index is 1170. The standard InChI is InChI=1S/C25H33N3O7S/c1-32-22-14-18(15-23(33-2)25(22)34-3)16-24(29)26-20-17-19(6-7-21(20)27-8-4-5-9-27)36(30,31)28-10-12-35-13-11-28/h6-7,14-15,17H,4-5,8-13,16H2,1-3H3,(H,26,29). The smallest absolute Gasteiger partial charge is 0.243 e. The van der Waals surface area contributed by atoms with Gasteiger partial charge in [0.05, 0.1) is 57.2 Å². The van der Waals surface area contributed by atoms with Crippen LogP contribution in [0.15, 0.2) is 35.2 Å². The van der Waals surface area contributed by atoms with Crippen LogP contribution in [0.4, 0.5) is 11.4 Å². The molecule has 2 aliphatic rings. The molecule has 2 aromatic carbocycles. The van der Waals surface area contributed by atoms with Crippen molar-refractivity contribution >= 4 is 27.3 Å². The largest absolute Gasteiger partial charge is 0.493 e. The van der Waals surface area contributed by atoms with Crippen molar-refractivity contribution in [2.75, 3.05) is 70.9 Å². The van der Waals surface area contributed by atoms with Crippen LogP contribution >= 0.6 is 0 Å². The van der Waals surface area contributed by atoms with Gasteiger partial charge in [0.25, 0.3) is 0 Å². The highest BCUT2D eigenvalue weighted by atomic mass is 32.2. The van der Waals surface area contributed by atoms with E-state index in [0.29, 0.717) is 54.8 Å². The van der Waals surface area contributed by atoms with E-state index in [1.165, 1.54) is 25.6 Å². The lowest BCUT2D eigenvalue weighted by Crippen LogP contribution is -2.40. The number of anilines is 2. The van der Waals surface area contributed by atoms with E-state index in [-0.39, 0.29) is 17.2 Å². The van der Waals surface area contributed by atoms with Gasteiger partial charge in [0, 0.05) is 26.2 Å². The highest BCUT2D eigenvalue weighted by Gasteiger charge is 2.28. The highest BCUT2D eigenvalue weighted by Crippen LogP contribution is 2.38. The summed E-state index contributed by atoms with van der Waals surface area (Å²) in [4.78, 5) is 15.5. The minimum absolute atomic E-state index is 0.0383. The van der Waals surface area contributed by atoms with E-state index in [9.17, 15) is 13.2 Å². The SMILES string of the molecule is COc1cc(CC(=O)Nc2cc(S(=O)(=O)N3CCOCC3)ccc2N2CCCC2)cc(OC)c1OC. The Morgan fingerprint density at radius 3 is 2.17 bits per heavy atom. The molecule has 0 bridgehead atoms. The Hall–Kier alpha value is -3.02. The molecule has 2 fully saturated rings. The molecule has 10 nitrogen and oxygen atoms in total. The van der Waals surface area contributed by atoms with Crippen LogP contribution in [0, 0.1) is 0 Å². The molecule has 11 heteroatoms. The number of morpholine rings is 1. The summed E-state index contributed by atoms with van der Waals surface area (Å²) >= 11 is 0. The van der Waals surface area contributed by atoms with Gasteiger partial charge in [0.1, 0.15) is 0 Å². The summed E-state index contributed by atoms with van der Waals surface area (Å²) in [5.74, 6) is 1.07. The maximum atomic E-state index is 13.3. The Kier molecular flexibility index (Phi) is 8.22. The Balaban J connectivity index is 1.62. The van der Waals surface area contributed by atoms with Crippen LogP contribution in [0.5, 0.6) is 17.2 Å². The number of hydrogen-bond donors (Lipinski definition) is 1. The molecule has 1 amide bonds. The van der Waals surface area contributed by atoms with Gasteiger partial charge in [-0.05, 0) is 48.7 Å². The number of benzene rings is 2. The third-order valence-electron chi connectivity index (χ3n) is 6.39. The Morgan fingerprint density at radius 2 is 1.58 bits per heavy atom. The van der Waals surface area contributed by atoms with Gasteiger partial charge < -0.3 is 29.2 Å². The molecule has 0 aromatic heterocycles. The van der Waals surface area contributed by atoms with Crippen molar-refractivity contribution in [3.8, 4) is 17.2 Å². The number of nitrogens with one attached hydrogen (secondary N) is 1. The number of ether oxygens (including phenoxy) is 4. The average Bonchev–Trinajstić information content (AvgIpc) is 3.43. The van der Waals surface area contributed by atoms with E-state index in [1.807, 2.05) is 0 Å². The van der Waals surface area contributed by atoms with Gasteiger partial charge in [0.15, 0.2) is 11.5 Å². The lowest BCUT2D eigenvalue weighted by atomic mass is 10.1. The average molecular weight is 520 g/mol. The van der Waals surface area contributed by atoms with E-state index in [0.717, 1.165) is 31.6 Å². The topological polar surface area (TPSA) is 107 Å². The summed E-state index contributed by atoms with van der Waals surface area (Å²) in [6.45, 7) is 3.04. The Morgan fingerprint density at radius 1 is 0.944 bits per heavy atom. The van der Waals surface area contributed by atoms with Crippen LogP contribution in [0.1, 0.15) is 18.4 Å². The summed E-state index contributed by atoms with van der Waals surface area (Å²) < 4.78 is 49.4. The van der Waals surface area contributed by atoms with Crippen molar-refractivity contribution in [1.29, 1.82) is 0 Å². The first kappa shape index (κ1) is 26.1. The first-order valence-electron chi connectivity index (χ1n) is 11.9. The molecule has 0 radical (unpaired) electrons. The third-order valence-corrected chi connectivity index (χ3v) is 8.28. The lowest BCUT2D eigenvalue weighted by molar-refractivity contribution is -0.115. The van der Waals surface area contributed by atoms with Crippen LogP contribution in [0.3, 0.4) is 0 Å². The summed E-state index contributed by atoms with van der Waals surface area (Å²) in [7, 11) is 0.845. The van der Waals surface area contributed by atoms with E-state index < -0.39 is 10.0 Å². The number of amides is 1. The van der Waals surface area contributed by atoms with Crippen LogP contribution in [-0.4, -0.2) is 79.4 Å². The van der Waals surface area contributed by atoms with Gasteiger partial charge in [-0.15, -0.1) is 0 Å². The molecule has 2 aliphatic heterocycles. The number of methoxy groups -OCH3 is 3. The molecule has 4 rings (SSSR count). The van der Waals surface area contributed by atoms with Crippen LogP contribution in [0.2, 0.25) is 0 Å². The number of nitrogens with zero attached hydrogens (tertiary/aromatic N) is 2. The van der Waals surface area contributed by atoms with Crippen molar-refractivity contribution in [2.24, 2.45) is 0 Å². The van der Waals surface area contributed by atoms with E-state index in [1.54, 1.807) is 30.3 Å². The number of carbonyl (C=O) groups excluding carboxylic acids is 1. The fraction of sp³-hybridized carbons (Fsp3) is 0.480. The molecule has 0 spiro atoms. The van der Waals surface area contributed by atoms with E-state index in [2.05, 4.69) is 10.2 Å². The second-order valence-corrected chi connectivity index (χ2v) is 10.6. The van der Waals surface area contributed by atoms with Crippen LogP contribution in [0.25, 0.3) is 0 Å². The number of sulfonamides is 1. The van der Waals surface area contributed by atoms with Crippen molar-refractivity contribution < 1.29 is 32.2 Å². The summed E-state index contributed by atoms with van der Waals surface area (Å²) in [6.07, 6.45) is 2.13. The fourth-order valence-corrected chi connectivity index (χ4v) is 6.00. The lowest BCUT2D eigenvalue weighted by Gasteiger charge is -2.27. The van der Waals surface area contributed by atoms with Gasteiger partial charge in [-0.1, -0.05) is 0 Å². The van der Waals surface area contributed by atoms with Gasteiger partial charge in [-0.3, -0.25) is 4.79 Å². The van der Waals surface area contributed by atoms with Crippen molar-refractivity contribution in [1.82, 2.24) is 4.31 Å². The van der Waals surface area contributed by atoms with Crippen molar-refractivity contribution in [3.05, 3.63) is 35.9 Å². The number of carbonyl (C=O) groups is 1. The molecule has 0 saturated carbocycles. The third kappa shape index (κ3) is 5.53. The number of rotatable bonds is 9. The predicted octanol–water partition coefficient (Wildman–Crippen LogP) is 2.51. The van der Waals surface area contributed by atoms with Gasteiger partial charge in [-0.25, -0.2) is 8.42 Å². The van der Waals surface area contributed by atoms with E-state index in [4.69, 9.17) is 18.9 Å². The summed E-state index contributed by atoms with van der Waals surface area (Å²) in [6, 6.07) is 8.41. The first-order valence-corrected chi connectivity index (χ1v) is 13.4. The normalized spacial score (nSPS) is 16.6. The Labute approximate surface area is 212 Å². The maximum Gasteiger partial charge on any atom is 0.243 e. The zero-order valence-corrected chi connectivity index (χ0v) is 21.7. The predicted molar refractivity (Wildman–Crippen MR) is 136 cm³/mol. The van der Waals surface area contributed by atoms with Gasteiger partial charge in [0.2, 0.25) is 21.7 Å². The quantitative estimate of drug-likeness (QED) is 0.539. The molecule has 196 valence electrons. The highest BCUT2D eigenvalue weighted by molar-refractivity contribution is 7.89. The van der Waals surface area contributed by atoms with Gasteiger partial charge in [-0.2, -0.15) is 4.31 Å². The van der Waals surface area contributed by atoms with Crippen molar-refractivity contribution in [2.45, 2.75) is 24.2 Å². The molecular weight excluding hydrogens is 486 g/mol. The zero-order valence-electron chi connectivity index (χ0n) is 20.9. The van der Waals surface area contributed by atoms with Gasteiger partial charge >= 0.3 is 0 Å². The molecule has 0 unspecified atom stereocenters. The second kappa shape index (κ2) is 11.4. The summed E-state index contributed by atoms with van der Waals surface area (Å²) in [5, 5.41) is 2.95. The number of hydrogen-bond acceptors (Lipinski definition) is 8. The van der Waals surface area contributed by atoms with E-state index >= 15 is 0 Å². The maximum absolute atomic E-state index is 13.3. The molecule has 2 heterocycles. The second-order valence-electron chi connectivity index (χ2n) is 8.65. The fourth-order valence-electron chi connectivity index (χ4n) is 4.56. The molecule has 1 N–H and O–H groups in total. The monoisotopic (exact) mass is 519 g/mol. The minimum Gasteiger partial charge on any atom is -0.493 e. The molecule has 2 saturated heterocycles. The molecule has 0 atom stereocenters. The zero-order chi connectivity index (χ0) is 25.7.